The number of nitrogens with zero attached hydrogens (tertiary/aromatic N) is 4. The molecular weight excluding hydrogens is 457 g/mol. The molecule has 7 nitrogen and oxygen atoms in total. The van der Waals surface area contributed by atoms with Crippen molar-refractivity contribution in [3.05, 3.63) is 41.7 Å². The molecule has 2 aliphatic heterocycles. The molecule has 0 spiro atoms. The SMILES string of the molecule is CCN(CC)C(=O)c1ccc(-c2ccc(NC3C[C@@H]4CN(CC5CCOCC5)C[C@@H]4C3)nn2)c(F)c1. The first-order valence-corrected chi connectivity index (χ1v) is 13.5. The predicted octanol–water partition coefficient (Wildman–Crippen LogP) is 4.31. The van der Waals surface area contributed by atoms with Gasteiger partial charge in [-0.1, -0.05) is 0 Å². The number of aromatic nitrogens is 2. The zero-order chi connectivity index (χ0) is 25.1. The van der Waals surface area contributed by atoms with Crippen LogP contribution in [0.5, 0.6) is 0 Å². The van der Waals surface area contributed by atoms with Gasteiger partial charge in [-0.05, 0) is 87.6 Å². The number of benzene rings is 1. The van der Waals surface area contributed by atoms with Gasteiger partial charge in [0.2, 0.25) is 0 Å². The Hall–Kier alpha value is -2.58. The van der Waals surface area contributed by atoms with Crippen molar-refractivity contribution in [1.82, 2.24) is 20.0 Å². The first kappa shape index (κ1) is 25.1. The number of likely N-dealkylation sites (tertiary alicyclic amines) is 1. The lowest BCUT2D eigenvalue weighted by atomic mass is 10.00. The lowest BCUT2D eigenvalue weighted by Gasteiger charge is -2.27. The molecule has 1 unspecified atom stereocenters. The maximum Gasteiger partial charge on any atom is 0.253 e. The van der Waals surface area contributed by atoms with Crippen LogP contribution in [0.25, 0.3) is 11.3 Å². The van der Waals surface area contributed by atoms with Crippen molar-refractivity contribution in [1.29, 1.82) is 0 Å². The fourth-order valence-electron chi connectivity index (χ4n) is 6.27. The number of hydrogen-bond donors (Lipinski definition) is 1. The minimum Gasteiger partial charge on any atom is -0.381 e. The van der Waals surface area contributed by atoms with Crippen LogP contribution in [-0.2, 0) is 4.74 Å². The van der Waals surface area contributed by atoms with Crippen LogP contribution >= 0.6 is 0 Å². The van der Waals surface area contributed by atoms with E-state index >= 15 is 0 Å². The minimum atomic E-state index is -0.461. The van der Waals surface area contributed by atoms with E-state index in [-0.39, 0.29) is 5.91 Å². The third-order valence-corrected chi connectivity index (χ3v) is 8.24. The molecule has 1 aliphatic carbocycles. The van der Waals surface area contributed by atoms with Crippen molar-refractivity contribution in [3.63, 3.8) is 0 Å². The Morgan fingerprint density at radius 2 is 1.81 bits per heavy atom. The molecule has 0 radical (unpaired) electrons. The second-order valence-corrected chi connectivity index (χ2v) is 10.6. The summed E-state index contributed by atoms with van der Waals surface area (Å²) in [6.45, 7) is 10.5. The van der Waals surface area contributed by atoms with E-state index in [1.54, 1.807) is 23.1 Å². The Balaban J connectivity index is 1.14. The van der Waals surface area contributed by atoms with Gasteiger partial charge in [-0.25, -0.2) is 4.39 Å². The quantitative estimate of drug-likeness (QED) is 0.589. The summed E-state index contributed by atoms with van der Waals surface area (Å²) in [5.74, 6) is 2.41. The summed E-state index contributed by atoms with van der Waals surface area (Å²) in [6.07, 6.45) is 4.73. The smallest absolute Gasteiger partial charge is 0.253 e. The third-order valence-electron chi connectivity index (χ3n) is 8.24. The van der Waals surface area contributed by atoms with Crippen molar-refractivity contribution in [2.45, 2.75) is 45.6 Å². The van der Waals surface area contributed by atoms with Crippen LogP contribution in [0.4, 0.5) is 10.2 Å². The highest BCUT2D eigenvalue weighted by Crippen LogP contribution is 2.39. The van der Waals surface area contributed by atoms with Crippen LogP contribution in [0.3, 0.4) is 0 Å². The molecular formula is C28H38FN5O2. The van der Waals surface area contributed by atoms with Gasteiger partial charge in [0.15, 0.2) is 0 Å². The van der Waals surface area contributed by atoms with Crippen LogP contribution in [-0.4, -0.2) is 77.9 Å². The molecule has 2 aromatic rings. The summed E-state index contributed by atoms with van der Waals surface area (Å²) in [5.41, 5.74) is 1.17. The lowest BCUT2D eigenvalue weighted by Crippen LogP contribution is -2.32. The maximum atomic E-state index is 14.8. The highest BCUT2D eigenvalue weighted by Gasteiger charge is 2.41. The number of fused-ring (bicyclic) bond motifs is 1. The molecule has 194 valence electrons. The Morgan fingerprint density at radius 1 is 1.08 bits per heavy atom. The second-order valence-electron chi connectivity index (χ2n) is 10.6. The van der Waals surface area contributed by atoms with Crippen molar-refractivity contribution in [2.24, 2.45) is 17.8 Å². The molecule has 36 heavy (non-hydrogen) atoms. The first-order valence-electron chi connectivity index (χ1n) is 13.5. The normalized spacial score (nSPS) is 24.6. The molecule has 0 bridgehead atoms. The van der Waals surface area contributed by atoms with E-state index in [0.29, 0.717) is 36.0 Å². The van der Waals surface area contributed by atoms with Crippen LogP contribution < -0.4 is 5.32 Å². The fraction of sp³-hybridized carbons (Fsp3) is 0.607. The summed E-state index contributed by atoms with van der Waals surface area (Å²) < 4.78 is 20.3. The lowest BCUT2D eigenvalue weighted by molar-refractivity contribution is 0.0545. The van der Waals surface area contributed by atoms with E-state index in [2.05, 4.69) is 20.4 Å². The molecule has 3 fully saturated rings. The van der Waals surface area contributed by atoms with E-state index in [4.69, 9.17) is 4.74 Å². The standard InChI is InChI=1S/C28H38FN5O2/c1-3-34(4-2)28(35)20-5-6-24(25(29)15-20)26-7-8-27(32-31-26)30-23-13-21-17-33(18-22(21)14-23)16-19-9-11-36-12-10-19/h5-8,15,19,21-23H,3-4,9-14,16-18H2,1-2H3,(H,30,32)/t21-,22+,23?. The summed E-state index contributed by atoms with van der Waals surface area (Å²) in [4.78, 5) is 16.9. The van der Waals surface area contributed by atoms with Gasteiger partial charge in [0.1, 0.15) is 11.6 Å². The van der Waals surface area contributed by atoms with E-state index in [0.717, 1.165) is 49.6 Å². The Kier molecular flexibility index (Phi) is 7.82. The number of carbonyl (C=O) groups excluding carboxylic acids is 1. The van der Waals surface area contributed by atoms with Crippen LogP contribution in [0.15, 0.2) is 30.3 Å². The molecule has 1 N–H and O–H groups in total. The minimum absolute atomic E-state index is 0.163. The Labute approximate surface area is 213 Å². The highest BCUT2D eigenvalue weighted by molar-refractivity contribution is 5.94. The molecule has 8 heteroatoms. The summed E-state index contributed by atoms with van der Waals surface area (Å²) in [7, 11) is 0. The molecule has 2 saturated heterocycles. The topological polar surface area (TPSA) is 70.6 Å². The van der Waals surface area contributed by atoms with Crippen molar-refractivity contribution < 1.29 is 13.9 Å². The number of nitrogens with one attached hydrogen (secondary N) is 1. The molecule has 3 aliphatic rings. The number of rotatable bonds is 8. The predicted molar refractivity (Wildman–Crippen MR) is 138 cm³/mol. The van der Waals surface area contributed by atoms with E-state index in [1.807, 2.05) is 19.9 Å². The summed E-state index contributed by atoms with van der Waals surface area (Å²) in [6, 6.07) is 8.66. The van der Waals surface area contributed by atoms with Gasteiger partial charge in [-0.2, -0.15) is 0 Å². The van der Waals surface area contributed by atoms with Gasteiger partial charge < -0.3 is 19.9 Å². The second kappa shape index (κ2) is 11.2. The highest BCUT2D eigenvalue weighted by atomic mass is 19.1. The van der Waals surface area contributed by atoms with Crippen molar-refractivity contribution >= 4 is 11.7 Å². The number of anilines is 1. The van der Waals surface area contributed by atoms with E-state index < -0.39 is 5.82 Å². The Morgan fingerprint density at radius 3 is 2.42 bits per heavy atom. The molecule has 5 rings (SSSR count). The number of carbonyl (C=O) groups is 1. The summed E-state index contributed by atoms with van der Waals surface area (Å²) in [5, 5.41) is 12.2. The number of ether oxygens (including phenoxy) is 1. The summed E-state index contributed by atoms with van der Waals surface area (Å²) >= 11 is 0. The van der Waals surface area contributed by atoms with E-state index in [1.165, 1.54) is 38.5 Å². The zero-order valence-corrected chi connectivity index (χ0v) is 21.5. The fourth-order valence-corrected chi connectivity index (χ4v) is 6.27. The van der Waals surface area contributed by atoms with Gasteiger partial charge in [-0.3, -0.25) is 4.79 Å². The van der Waals surface area contributed by atoms with Gasteiger partial charge in [0.05, 0.1) is 5.69 Å². The van der Waals surface area contributed by atoms with Crippen LogP contribution in [0, 0.1) is 23.6 Å². The molecule has 3 heterocycles. The van der Waals surface area contributed by atoms with Gasteiger partial charge in [-0.15, -0.1) is 10.2 Å². The average Bonchev–Trinajstić information content (AvgIpc) is 3.43. The van der Waals surface area contributed by atoms with Crippen LogP contribution in [0.1, 0.15) is 49.9 Å². The van der Waals surface area contributed by atoms with Crippen LogP contribution in [0.2, 0.25) is 0 Å². The van der Waals surface area contributed by atoms with Gasteiger partial charge in [0.25, 0.3) is 5.91 Å². The molecule has 1 saturated carbocycles. The molecule has 1 aromatic heterocycles. The average molecular weight is 496 g/mol. The van der Waals surface area contributed by atoms with E-state index in [9.17, 15) is 9.18 Å². The number of halogens is 1. The zero-order valence-electron chi connectivity index (χ0n) is 21.5. The largest absolute Gasteiger partial charge is 0.381 e. The molecule has 1 aromatic carbocycles. The van der Waals surface area contributed by atoms with Crippen molar-refractivity contribution in [3.8, 4) is 11.3 Å². The number of hydrogen-bond acceptors (Lipinski definition) is 6. The molecule has 1 amide bonds. The monoisotopic (exact) mass is 495 g/mol. The van der Waals surface area contributed by atoms with Gasteiger partial charge in [0, 0.05) is 63.1 Å². The first-order chi connectivity index (χ1) is 17.5. The maximum absolute atomic E-state index is 14.8. The third kappa shape index (κ3) is 5.54. The molecule has 3 atom stereocenters. The Bertz CT molecular complexity index is 1020. The van der Waals surface area contributed by atoms with Gasteiger partial charge >= 0.3 is 0 Å². The number of amides is 1. The van der Waals surface area contributed by atoms with Crippen molar-refractivity contribution in [2.75, 3.05) is 51.3 Å².